The molecule has 34 heavy (non-hydrogen) atoms. The number of para-hydroxylation sites is 1. The zero-order valence-electron chi connectivity index (χ0n) is 20.2. The molecular weight excluding hydrogens is 467 g/mol. The van der Waals surface area contributed by atoms with Crippen molar-refractivity contribution in [2.75, 3.05) is 26.4 Å². The van der Waals surface area contributed by atoms with Crippen LogP contribution >= 0.6 is 7.75 Å². The standard InChI is InChI=1S/C22H35N2O9P/c1-6-30-18(25)13-14-23-20(27)19(26)22(4,5)15-32-34(29,24-16(3)21(28)31-7-2)33-17-11-9-8-10-12-17/h8-12,16,19,26H,6-7,13-15H2,1-5H3,(H,23,27)(H,24,29). The first-order chi connectivity index (χ1) is 15.9. The lowest BCUT2D eigenvalue weighted by atomic mass is 9.87. The van der Waals surface area contributed by atoms with Gasteiger partial charge in [0.25, 0.3) is 0 Å². The number of aliphatic hydroxyl groups excluding tert-OH is 1. The van der Waals surface area contributed by atoms with E-state index in [1.165, 1.54) is 20.8 Å². The minimum absolute atomic E-state index is 0.0140. The van der Waals surface area contributed by atoms with Gasteiger partial charge in [-0.15, -0.1) is 0 Å². The lowest BCUT2D eigenvalue weighted by molar-refractivity contribution is -0.145. The van der Waals surface area contributed by atoms with Gasteiger partial charge < -0.3 is 24.4 Å². The highest BCUT2D eigenvalue weighted by Gasteiger charge is 2.39. The van der Waals surface area contributed by atoms with E-state index in [0.717, 1.165) is 0 Å². The van der Waals surface area contributed by atoms with Crippen molar-refractivity contribution in [3.63, 3.8) is 0 Å². The Kier molecular flexibility index (Phi) is 12.2. The van der Waals surface area contributed by atoms with Crippen LogP contribution in [0.25, 0.3) is 0 Å². The van der Waals surface area contributed by atoms with Crippen LogP contribution in [0.15, 0.2) is 30.3 Å². The molecule has 1 rings (SSSR count). The fraction of sp³-hybridized carbons (Fsp3) is 0.591. The molecule has 12 heteroatoms. The Morgan fingerprint density at radius 1 is 1.09 bits per heavy atom. The van der Waals surface area contributed by atoms with E-state index in [1.807, 2.05) is 0 Å². The first-order valence-corrected chi connectivity index (χ1v) is 12.5. The van der Waals surface area contributed by atoms with Crippen LogP contribution in [0, 0.1) is 5.41 Å². The smallest absolute Gasteiger partial charge is 0.459 e. The van der Waals surface area contributed by atoms with Crippen molar-refractivity contribution in [3.8, 4) is 5.75 Å². The van der Waals surface area contributed by atoms with E-state index in [-0.39, 0.29) is 38.5 Å². The van der Waals surface area contributed by atoms with Gasteiger partial charge in [-0.2, -0.15) is 5.09 Å². The van der Waals surface area contributed by atoms with E-state index in [2.05, 4.69) is 10.4 Å². The van der Waals surface area contributed by atoms with Crippen LogP contribution in [0.3, 0.4) is 0 Å². The van der Waals surface area contributed by atoms with Crippen LogP contribution in [0.1, 0.15) is 41.0 Å². The average molecular weight is 503 g/mol. The Hall–Kier alpha value is -2.46. The highest BCUT2D eigenvalue weighted by Crippen LogP contribution is 2.46. The summed E-state index contributed by atoms with van der Waals surface area (Å²) in [5, 5.41) is 15.5. The van der Waals surface area contributed by atoms with Gasteiger partial charge in [-0.05, 0) is 32.9 Å². The van der Waals surface area contributed by atoms with Gasteiger partial charge in [-0.1, -0.05) is 32.0 Å². The molecule has 1 aromatic rings. The quantitative estimate of drug-likeness (QED) is 0.241. The number of esters is 2. The van der Waals surface area contributed by atoms with Crippen LogP contribution in [0.2, 0.25) is 0 Å². The lowest BCUT2D eigenvalue weighted by Crippen LogP contribution is -2.46. The van der Waals surface area contributed by atoms with Crippen molar-refractivity contribution in [2.24, 2.45) is 5.41 Å². The van der Waals surface area contributed by atoms with Gasteiger partial charge in [-0.25, -0.2) is 4.57 Å². The molecule has 0 aliphatic rings. The molecule has 3 unspecified atom stereocenters. The second kappa shape index (κ2) is 14.1. The predicted molar refractivity (Wildman–Crippen MR) is 124 cm³/mol. The molecule has 0 heterocycles. The van der Waals surface area contributed by atoms with E-state index in [1.54, 1.807) is 44.2 Å². The zero-order valence-corrected chi connectivity index (χ0v) is 21.1. The summed E-state index contributed by atoms with van der Waals surface area (Å²) >= 11 is 0. The summed E-state index contributed by atoms with van der Waals surface area (Å²) in [4.78, 5) is 35.7. The molecule has 0 spiro atoms. The van der Waals surface area contributed by atoms with Gasteiger partial charge in [0.1, 0.15) is 17.9 Å². The summed E-state index contributed by atoms with van der Waals surface area (Å²) in [6.45, 7) is 7.81. The average Bonchev–Trinajstić information content (AvgIpc) is 2.78. The number of amides is 1. The van der Waals surface area contributed by atoms with Gasteiger partial charge in [0.2, 0.25) is 5.91 Å². The SMILES string of the molecule is CCOC(=O)CCNC(=O)C(O)C(C)(C)COP(=O)(NC(C)C(=O)OCC)Oc1ccccc1. The van der Waals surface area contributed by atoms with E-state index in [9.17, 15) is 24.1 Å². The maximum atomic E-state index is 13.5. The van der Waals surface area contributed by atoms with Crippen molar-refractivity contribution in [3.05, 3.63) is 30.3 Å². The van der Waals surface area contributed by atoms with Crippen LogP contribution in [-0.2, 0) is 32.9 Å². The molecule has 0 fully saturated rings. The van der Waals surface area contributed by atoms with Crippen LogP contribution in [0.4, 0.5) is 0 Å². The van der Waals surface area contributed by atoms with Crippen molar-refractivity contribution in [1.29, 1.82) is 0 Å². The summed E-state index contributed by atoms with van der Waals surface area (Å²) in [5.74, 6) is -1.63. The van der Waals surface area contributed by atoms with Crippen LogP contribution in [-0.4, -0.2) is 61.5 Å². The van der Waals surface area contributed by atoms with Crippen LogP contribution < -0.4 is 14.9 Å². The molecule has 11 nitrogen and oxygen atoms in total. The Balaban J connectivity index is 2.85. The molecule has 3 N–H and O–H groups in total. The van der Waals surface area contributed by atoms with Crippen molar-refractivity contribution < 1.29 is 42.6 Å². The first kappa shape index (κ1) is 29.6. The van der Waals surface area contributed by atoms with E-state index < -0.39 is 43.2 Å². The zero-order chi connectivity index (χ0) is 25.8. The summed E-state index contributed by atoms with van der Waals surface area (Å²) in [7, 11) is -4.14. The molecule has 1 amide bonds. The monoisotopic (exact) mass is 502 g/mol. The van der Waals surface area contributed by atoms with Crippen molar-refractivity contribution >= 4 is 25.6 Å². The number of carbonyl (C=O) groups is 3. The largest absolute Gasteiger partial charge is 0.466 e. The molecule has 0 aliphatic carbocycles. The predicted octanol–water partition coefficient (Wildman–Crippen LogP) is 2.19. The Labute approximate surface area is 200 Å². The number of aliphatic hydroxyl groups is 1. The highest BCUT2D eigenvalue weighted by molar-refractivity contribution is 7.52. The number of hydrogen-bond donors (Lipinski definition) is 3. The lowest BCUT2D eigenvalue weighted by Gasteiger charge is -2.31. The fourth-order valence-corrected chi connectivity index (χ4v) is 4.23. The minimum Gasteiger partial charge on any atom is -0.466 e. The van der Waals surface area contributed by atoms with E-state index >= 15 is 0 Å². The number of carbonyl (C=O) groups excluding carboxylic acids is 3. The molecule has 0 aromatic heterocycles. The third kappa shape index (κ3) is 10.2. The molecule has 0 radical (unpaired) electrons. The maximum absolute atomic E-state index is 13.5. The van der Waals surface area contributed by atoms with Gasteiger partial charge in [0, 0.05) is 12.0 Å². The highest BCUT2D eigenvalue weighted by atomic mass is 31.2. The number of ether oxygens (including phenoxy) is 2. The molecular formula is C22H35N2O9P. The molecule has 192 valence electrons. The normalized spacial score (nSPS) is 14.9. The molecule has 1 aromatic carbocycles. The summed E-state index contributed by atoms with van der Waals surface area (Å²) in [6, 6.07) is 7.18. The maximum Gasteiger partial charge on any atom is 0.459 e. The number of hydrogen-bond acceptors (Lipinski definition) is 9. The fourth-order valence-electron chi connectivity index (χ4n) is 2.57. The van der Waals surface area contributed by atoms with Gasteiger partial charge in [0.15, 0.2) is 0 Å². The third-order valence-electron chi connectivity index (χ3n) is 4.49. The third-order valence-corrected chi connectivity index (χ3v) is 6.11. The van der Waals surface area contributed by atoms with Gasteiger partial charge in [0.05, 0.1) is 26.2 Å². The number of benzene rings is 1. The first-order valence-electron chi connectivity index (χ1n) is 11.0. The molecule has 0 aliphatic heterocycles. The summed E-state index contributed by atoms with van der Waals surface area (Å²) in [6.07, 6.45) is -1.60. The number of nitrogens with one attached hydrogen (secondary N) is 2. The minimum atomic E-state index is -4.14. The van der Waals surface area contributed by atoms with E-state index in [0.29, 0.717) is 0 Å². The van der Waals surface area contributed by atoms with Crippen LogP contribution in [0.5, 0.6) is 5.75 Å². The Bertz CT molecular complexity index is 848. The number of rotatable bonds is 15. The molecule has 3 atom stereocenters. The molecule has 0 saturated carbocycles. The van der Waals surface area contributed by atoms with Crippen molar-refractivity contribution in [1.82, 2.24) is 10.4 Å². The van der Waals surface area contributed by atoms with Crippen molar-refractivity contribution in [2.45, 2.75) is 53.2 Å². The molecule has 0 bridgehead atoms. The Morgan fingerprint density at radius 3 is 2.29 bits per heavy atom. The van der Waals surface area contributed by atoms with Gasteiger partial charge in [-0.3, -0.25) is 18.9 Å². The summed E-state index contributed by atoms with van der Waals surface area (Å²) in [5.41, 5.74) is -1.21. The summed E-state index contributed by atoms with van der Waals surface area (Å²) < 4.78 is 34.2. The Morgan fingerprint density at radius 2 is 1.71 bits per heavy atom. The topological polar surface area (TPSA) is 149 Å². The second-order valence-electron chi connectivity index (χ2n) is 8.02. The van der Waals surface area contributed by atoms with Gasteiger partial charge >= 0.3 is 19.7 Å². The second-order valence-corrected chi connectivity index (χ2v) is 9.71. The van der Waals surface area contributed by atoms with E-state index in [4.69, 9.17) is 18.5 Å². The molecule has 0 saturated heterocycles.